The molecule has 0 radical (unpaired) electrons. The van der Waals surface area contributed by atoms with E-state index in [4.69, 9.17) is 9.72 Å². The summed E-state index contributed by atoms with van der Waals surface area (Å²) in [5.74, 6) is 0. The van der Waals surface area contributed by atoms with Crippen LogP contribution in [-0.2, 0) is 17.8 Å². The van der Waals surface area contributed by atoms with Gasteiger partial charge in [-0.15, -0.1) is 11.3 Å². The summed E-state index contributed by atoms with van der Waals surface area (Å²) in [4.78, 5) is 20.9. The molecule has 0 aromatic carbocycles. The van der Waals surface area contributed by atoms with Crippen molar-refractivity contribution in [1.29, 1.82) is 0 Å². The Balaban J connectivity index is 1.59. The van der Waals surface area contributed by atoms with E-state index in [-0.39, 0.29) is 11.7 Å². The van der Waals surface area contributed by atoms with E-state index in [9.17, 15) is 4.79 Å². The second kappa shape index (κ2) is 7.70. The lowest BCUT2D eigenvalue weighted by Gasteiger charge is -2.24. The number of hydrogen-bond acceptors (Lipinski definition) is 5. The predicted molar refractivity (Wildman–Crippen MR) is 104 cm³/mol. The molecule has 0 amide bonds. The number of nitrogens with zero attached hydrogens (tertiary/aromatic N) is 3. The van der Waals surface area contributed by atoms with Crippen LogP contribution in [0.1, 0.15) is 29.1 Å². The molecule has 1 aliphatic heterocycles. The van der Waals surface area contributed by atoms with Gasteiger partial charge in [0.25, 0.3) is 5.56 Å². The Hall–Kier alpha value is -2.02. The van der Waals surface area contributed by atoms with Crippen molar-refractivity contribution in [1.82, 2.24) is 14.3 Å². The third-order valence-corrected chi connectivity index (χ3v) is 5.63. The highest BCUT2D eigenvalue weighted by molar-refractivity contribution is 7.09. The Bertz CT molecular complexity index is 930. The van der Waals surface area contributed by atoms with Crippen LogP contribution in [0.25, 0.3) is 5.65 Å². The molecule has 0 N–H and O–H groups in total. The first-order chi connectivity index (χ1) is 12.7. The van der Waals surface area contributed by atoms with Crippen molar-refractivity contribution in [3.05, 3.63) is 68.4 Å². The van der Waals surface area contributed by atoms with Gasteiger partial charge in [-0.05, 0) is 43.3 Å². The number of pyridine rings is 1. The number of aromatic nitrogens is 2. The van der Waals surface area contributed by atoms with Gasteiger partial charge in [-0.3, -0.25) is 14.1 Å². The van der Waals surface area contributed by atoms with Gasteiger partial charge >= 0.3 is 0 Å². The highest BCUT2D eigenvalue weighted by Crippen LogP contribution is 2.18. The van der Waals surface area contributed by atoms with Crippen LogP contribution in [0.15, 0.2) is 46.6 Å². The van der Waals surface area contributed by atoms with Crippen molar-refractivity contribution in [3.63, 3.8) is 0 Å². The molecular formula is C20H23N3O2S. The predicted octanol–water partition coefficient (Wildman–Crippen LogP) is 3.25. The maximum atomic E-state index is 12.5. The smallest absolute Gasteiger partial charge is 0.258 e. The first-order valence-electron chi connectivity index (χ1n) is 9.04. The normalized spacial score (nSPS) is 17.4. The molecule has 4 rings (SSSR count). The van der Waals surface area contributed by atoms with Gasteiger partial charge in [0, 0.05) is 42.9 Å². The summed E-state index contributed by atoms with van der Waals surface area (Å²) in [6.07, 6.45) is 2.51. The second-order valence-electron chi connectivity index (χ2n) is 6.83. The van der Waals surface area contributed by atoms with Crippen molar-refractivity contribution in [2.75, 3.05) is 13.2 Å². The molecule has 0 saturated carbocycles. The molecule has 1 aliphatic rings. The minimum Gasteiger partial charge on any atom is -0.377 e. The van der Waals surface area contributed by atoms with E-state index in [1.165, 1.54) is 4.88 Å². The highest BCUT2D eigenvalue weighted by atomic mass is 32.1. The summed E-state index contributed by atoms with van der Waals surface area (Å²) in [6.45, 7) is 5.15. The van der Waals surface area contributed by atoms with Crippen LogP contribution in [-0.4, -0.2) is 33.5 Å². The van der Waals surface area contributed by atoms with Crippen molar-refractivity contribution < 1.29 is 4.74 Å². The van der Waals surface area contributed by atoms with Gasteiger partial charge in [0.05, 0.1) is 11.8 Å². The summed E-state index contributed by atoms with van der Waals surface area (Å²) in [7, 11) is 0. The highest BCUT2D eigenvalue weighted by Gasteiger charge is 2.20. The Morgan fingerprint density at radius 2 is 2.23 bits per heavy atom. The number of ether oxygens (including phenoxy) is 1. The molecule has 0 aliphatic carbocycles. The van der Waals surface area contributed by atoms with Crippen LogP contribution in [0, 0.1) is 6.92 Å². The Morgan fingerprint density at radius 3 is 3.00 bits per heavy atom. The van der Waals surface area contributed by atoms with E-state index in [0.717, 1.165) is 43.9 Å². The van der Waals surface area contributed by atoms with Crippen LogP contribution in [0.4, 0.5) is 0 Å². The summed E-state index contributed by atoms with van der Waals surface area (Å²) < 4.78 is 7.49. The molecule has 5 nitrogen and oxygen atoms in total. The van der Waals surface area contributed by atoms with E-state index in [0.29, 0.717) is 12.2 Å². The Labute approximate surface area is 156 Å². The van der Waals surface area contributed by atoms with Crippen LogP contribution in [0.5, 0.6) is 0 Å². The molecule has 1 saturated heterocycles. The molecule has 1 atom stereocenters. The number of thiophene rings is 1. The average molecular weight is 369 g/mol. The molecule has 3 aromatic rings. The van der Waals surface area contributed by atoms with E-state index in [1.807, 2.05) is 25.1 Å². The largest absolute Gasteiger partial charge is 0.377 e. The van der Waals surface area contributed by atoms with E-state index >= 15 is 0 Å². The molecular weight excluding hydrogens is 346 g/mol. The van der Waals surface area contributed by atoms with E-state index < -0.39 is 0 Å². The first kappa shape index (κ1) is 17.4. The van der Waals surface area contributed by atoms with Gasteiger partial charge in [0.15, 0.2) is 0 Å². The summed E-state index contributed by atoms with van der Waals surface area (Å²) in [6, 6.07) is 11.7. The van der Waals surface area contributed by atoms with Crippen LogP contribution < -0.4 is 5.56 Å². The van der Waals surface area contributed by atoms with Crippen molar-refractivity contribution in [3.8, 4) is 0 Å². The maximum absolute atomic E-state index is 12.5. The third-order valence-electron chi connectivity index (χ3n) is 4.76. The van der Waals surface area contributed by atoms with Crippen LogP contribution in [0.3, 0.4) is 0 Å². The quantitative estimate of drug-likeness (QED) is 0.669. The fraction of sp³-hybridized carbons (Fsp3) is 0.400. The lowest BCUT2D eigenvalue weighted by Crippen LogP contribution is -2.32. The van der Waals surface area contributed by atoms with E-state index in [2.05, 4.69) is 22.4 Å². The molecule has 1 fully saturated rings. The SMILES string of the molecule is Cc1cccc2nc(CN(Cc3cccs3)C[C@@H]3CCCO3)cc(=O)n12. The van der Waals surface area contributed by atoms with Crippen LogP contribution >= 0.6 is 11.3 Å². The molecule has 136 valence electrons. The van der Waals surface area contributed by atoms with Crippen LogP contribution in [0.2, 0.25) is 0 Å². The second-order valence-corrected chi connectivity index (χ2v) is 7.86. The Morgan fingerprint density at radius 1 is 1.31 bits per heavy atom. The lowest BCUT2D eigenvalue weighted by atomic mass is 10.2. The fourth-order valence-electron chi connectivity index (χ4n) is 3.56. The average Bonchev–Trinajstić information content (AvgIpc) is 3.28. The zero-order valence-corrected chi connectivity index (χ0v) is 15.7. The van der Waals surface area contributed by atoms with Gasteiger partial charge in [-0.25, -0.2) is 4.98 Å². The molecule has 3 aromatic heterocycles. The summed E-state index contributed by atoms with van der Waals surface area (Å²) in [5.41, 5.74) is 2.41. The van der Waals surface area contributed by atoms with Gasteiger partial charge < -0.3 is 4.74 Å². The minimum absolute atomic E-state index is 0.0173. The van der Waals surface area contributed by atoms with Gasteiger partial charge in [-0.2, -0.15) is 0 Å². The topological polar surface area (TPSA) is 46.8 Å². The van der Waals surface area contributed by atoms with Gasteiger partial charge in [0.2, 0.25) is 0 Å². The lowest BCUT2D eigenvalue weighted by molar-refractivity contribution is 0.0678. The number of aryl methyl sites for hydroxylation is 1. The van der Waals surface area contributed by atoms with Crippen molar-refractivity contribution in [2.45, 2.75) is 39.0 Å². The zero-order chi connectivity index (χ0) is 17.9. The molecule has 26 heavy (non-hydrogen) atoms. The van der Waals surface area contributed by atoms with Crippen molar-refractivity contribution in [2.24, 2.45) is 0 Å². The van der Waals surface area contributed by atoms with Gasteiger partial charge in [-0.1, -0.05) is 12.1 Å². The third kappa shape index (κ3) is 3.87. The number of fused-ring (bicyclic) bond motifs is 1. The summed E-state index contributed by atoms with van der Waals surface area (Å²) >= 11 is 1.76. The number of rotatable bonds is 6. The standard InChI is InChI=1S/C20H23N3O2S/c1-15-5-2-8-19-21-16(11-20(24)23(15)19)12-22(13-17-6-3-9-25-17)14-18-7-4-10-26-18/h2,4-5,7-8,10-11,17H,3,6,9,12-14H2,1H3/t17-/m0/s1. The van der Waals surface area contributed by atoms with E-state index in [1.54, 1.807) is 21.8 Å². The first-order valence-corrected chi connectivity index (χ1v) is 9.92. The maximum Gasteiger partial charge on any atom is 0.258 e. The molecule has 4 heterocycles. The van der Waals surface area contributed by atoms with Crippen molar-refractivity contribution >= 4 is 17.0 Å². The molecule has 6 heteroatoms. The monoisotopic (exact) mass is 369 g/mol. The Kier molecular flexibility index (Phi) is 5.15. The summed E-state index contributed by atoms with van der Waals surface area (Å²) in [5, 5.41) is 2.10. The molecule has 0 spiro atoms. The number of hydrogen-bond donors (Lipinski definition) is 0. The van der Waals surface area contributed by atoms with Gasteiger partial charge in [0.1, 0.15) is 5.65 Å². The molecule has 0 unspecified atom stereocenters. The fourth-order valence-corrected chi connectivity index (χ4v) is 4.30. The molecule has 0 bridgehead atoms. The minimum atomic E-state index is -0.0173. The zero-order valence-electron chi connectivity index (χ0n) is 14.9.